The third-order valence-corrected chi connectivity index (χ3v) is 3.96. The molecule has 0 fully saturated rings. The first-order valence-corrected chi connectivity index (χ1v) is 9.65. The molecule has 0 aliphatic carbocycles. The van der Waals surface area contributed by atoms with Gasteiger partial charge < -0.3 is 5.32 Å². The van der Waals surface area contributed by atoms with Crippen molar-refractivity contribution in [2.45, 2.75) is 58.4 Å². The van der Waals surface area contributed by atoms with Crippen molar-refractivity contribution in [1.29, 1.82) is 0 Å². The summed E-state index contributed by atoms with van der Waals surface area (Å²) in [6, 6.07) is 7.74. The summed E-state index contributed by atoms with van der Waals surface area (Å²) >= 11 is 0. The van der Waals surface area contributed by atoms with E-state index in [1.54, 1.807) is 6.07 Å². The van der Waals surface area contributed by atoms with Crippen LogP contribution in [-0.2, 0) is 10.0 Å². The molecule has 0 bridgehead atoms. The Labute approximate surface area is 129 Å². The van der Waals surface area contributed by atoms with Crippen LogP contribution in [0.2, 0.25) is 0 Å². The van der Waals surface area contributed by atoms with Crippen molar-refractivity contribution in [1.82, 2.24) is 0 Å². The van der Waals surface area contributed by atoms with Crippen LogP contribution in [0.1, 0.15) is 52.4 Å². The number of sulfonamides is 1. The topological polar surface area (TPSA) is 58.2 Å². The molecule has 0 amide bonds. The van der Waals surface area contributed by atoms with E-state index < -0.39 is 10.0 Å². The lowest BCUT2D eigenvalue weighted by atomic mass is 10.1. The van der Waals surface area contributed by atoms with Crippen molar-refractivity contribution in [2.24, 2.45) is 0 Å². The number of unbranched alkanes of at least 4 members (excludes halogenated alkanes) is 4. The fourth-order valence-corrected chi connectivity index (χ4v) is 2.87. The maximum atomic E-state index is 11.4. The number of anilines is 2. The zero-order valence-corrected chi connectivity index (χ0v) is 14.2. The van der Waals surface area contributed by atoms with Crippen molar-refractivity contribution >= 4 is 21.4 Å². The highest BCUT2D eigenvalue weighted by Gasteiger charge is 2.09. The first kappa shape index (κ1) is 17.8. The van der Waals surface area contributed by atoms with E-state index in [2.05, 4.69) is 23.9 Å². The van der Waals surface area contributed by atoms with Gasteiger partial charge in [0.2, 0.25) is 10.0 Å². The molecule has 1 aromatic rings. The predicted molar refractivity (Wildman–Crippen MR) is 91.4 cm³/mol. The quantitative estimate of drug-likeness (QED) is 0.636. The maximum Gasteiger partial charge on any atom is 0.229 e. The second-order valence-electron chi connectivity index (χ2n) is 5.67. The summed E-state index contributed by atoms with van der Waals surface area (Å²) in [4.78, 5) is 0. The van der Waals surface area contributed by atoms with Gasteiger partial charge in [0.1, 0.15) is 0 Å². The van der Waals surface area contributed by atoms with E-state index in [0.717, 1.165) is 12.1 Å². The standard InChI is InChI=1S/C16H28N2O2S/c1-4-5-6-7-8-11-14(2)17-15-12-9-10-13-16(15)18-21(3,19)20/h9-10,12-14,17-18H,4-8,11H2,1-3H3. The van der Waals surface area contributed by atoms with Gasteiger partial charge in [-0.15, -0.1) is 0 Å². The molecule has 0 spiro atoms. The number of benzene rings is 1. The third-order valence-electron chi connectivity index (χ3n) is 3.37. The van der Waals surface area contributed by atoms with Gasteiger partial charge in [-0.2, -0.15) is 0 Å². The van der Waals surface area contributed by atoms with Gasteiger partial charge in [-0.3, -0.25) is 4.72 Å². The monoisotopic (exact) mass is 312 g/mol. The minimum absolute atomic E-state index is 0.328. The van der Waals surface area contributed by atoms with E-state index in [0.29, 0.717) is 11.7 Å². The number of rotatable bonds is 10. The van der Waals surface area contributed by atoms with Crippen LogP contribution in [0.3, 0.4) is 0 Å². The fraction of sp³-hybridized carbons (Fsp3) is 0.625. The Balaban J connectivity index is 2.50. The Kier molecular flexibility index (Phi) is 7.57. The van der Waals surface area contributed by atoms with E-state index in [4.69, 9.17) is 0 Å². The van der Waals surface area contributed by atoms with E-state index in [9.17, 15) is 8.42 Å². The van der Waals surface area contributed by atoms with Crippen molar-refractivity contribution in [3.8, 4) is 0 Å². The molecule has 0 aromatic heterocycles. The number of para-hydroxylation sites is 2. The van der Waals surface area contributed by atoms with Crippen molar-refractivity contribution in [3.63, 3.8) is 0 Å². The van der Waals surface area contributed by atoms with Gasteiger partial charge in [0.05, 0.1) is 17.6 Å². The minimum atomic E-state index is -3.25. The van der Waals surface area contributed by atoms with Crippen molar-refractivity contribution in [3.05, 3.63) is 24.3 Å². The molecule has 4 nitrogen and oxygen atoms in total. The van der Waals surface area contributed by atoms with Gasteiger partial charge in [-0.05, 0) is 25.5 Å². The van der Waals surface area contributed by atoms with E-state index >= 15 is 0 Å². The Morgan fingerprint density at radius 1 is 1.05 bits per heavy atom. The van der Waals surface area contributed by atoms with E-state index in [-0.39, 0.29) is 0 Å². The number of hydrogen-bond acceptors (Lipinski definition) is 3. The van der Waals surface area contributed by atoms with E-state index in [1.807, 2.05) is 18.2 Å². The Morgan fingerprint density at radius 2 is 1.67 bits per heavy atom. The minimum Gasteiger partial charge on any atom is -0.381 e. The lowest BCUT2D eigenvalue weighted by Gasteiger charge is -2.18. The summed E-state index contributed by atoms with van der Waals surface area (Å²) in [5, 5.41) is 3.40. The Bertz CT molecular complexity index is 515. The highest BCUT2D eigenvalue weighted by Crippen LogP contribution is 2.23. The van der Waals surface area contributed by atoms with Crippen LogP contribution in [0.15, 0.2) is 24.3 Å². The fourth-order valence-electron chi connectivity index (χ4n) is 2.29. The van der Waals surface area contributed by atoms with Gasteiger partial charge in [0.15, 0.2) is 0 Å². The van der Waals surface area contributed by atoms with Gasteiger partial charge in [-0.1, -0.05) is 51.2 Å². The van der Waals surface area contributed by atoms with Crippen LogP contribution in [0.5, 0.6) is 0 Å². The molecule has 2 N–H and O–H groups in total. The molecule has 1 unspecified atom stereocenters. The molecule has 1 atom stereocenters. The summed E-state index contributed by atoms with van der Waals surface area (Å²) in [6.45, 7) is 4.35. The maximum absolute atomic E-state index is 11.4. The number of hydrogen-bond donors (Lipinski definition) is 2. The van der Waals surface area contributed by atoms with Crippen LogP contribution in [-0.4, -0.2) is 20.7 Å². The van der Waals surface area contributed by atoms with Crippen LogP contribution >= 0.6 is 0 Å². The molecule has 21 heavy (non-hydrogen) atoms. The summed E-state index contributed by atoms with van der Waals surface area (Å²) in [5.41, 5.74) is 1.45. The average Bonchev–Trinajstić information content (AvgIpc) is 2.39. The third kappa shape index (κ3) is 7.95. The predicted octanol–water partition coefficient (Wildman–Crippen LogP) is 4.22. The lowest BCUT2D eigenvalue weighted by molar-refractivity contribution is 0.578. The summed E-state index contributed by atoms with van der Waals surface area (Å²) in [7, 11) is -3.25. The van der Waals surface area contributed by atoms with Gasteiger partial charge >= 0.3 is 0 Å². The van der Waals surface area contributed by atoms with Gasteiger partial charge in [-0.25, -0.2) is 8.42 Å². The molecule has 0 saturated heterocycles. The molecular formula is C16H28N2O2S. The van der Waals surface area contributed by atoms with Gasteiger partial charge in [0, 0.05) is 6.04 Å². The van der Waals surface area contributed by atoms with Crippen LogP contribution in [0.25, 0.3) is 0 Å². The molecule has 0 radical (unpaired) electrons. The van der Waals surface area contributed by atoms with Crippen molar-refractivity contribution in [2.75, 3.05) is 16.3 Å². The second-order valence-corrected chi connectivity index (χ2v) is 7.42. The molecule has 0 heterocycles. The first-order valence-electron chi connectivity index (χ1n) is 7.75. The summed E-state index contributed by atoms with van der Waals surface area (Å²) < 4.78 is 25.3. The molecule has 5 heteroatoms. The van der Waals surface area contributed by atoms with Crippen LogP contribution < -0.4 is 10.0 Å². The summed E-state index contributed by atoms with van der Waals surface area (Å²) in [6.07, 6.45) is 8.60. The first-order chi connectivity index (χ1) is 9.92. The largest absolute Gasteiger partial charge is 0.381 e. The van der Waals surface area contributed by atoms with Crippen LogP contribution in [0.4, 0.5) is 11.4 Å². The molecule has 1 aromatic carbocycles. The Morgan fingerprint density at radius 3 is 2.29 bits per heavy atom. The molecule has 120 valence electrons. The van der Waals surface area contributed by atoms with Crippen LogP contribution in [0, 0.1) is 0 Å². The molecule has 0 aliphatic heterocycles. The molecule has 0 saturated carbocycles. The normalized spacial score (nSPS) is 12.9. The second kappa shape index (κ2) is 8.93. The Hall–Kier alpha value is -1.23. The molecule has 1 rings (SSSR count). The summed E-state index contributed by atoms with van der Waals surface area (Å²) in [5.74, 6) is 0. The average molecular weight is 312 g/mol. The number of nitrogens with one attached hydrogen (secondary N) is 2. The van der Waals surface area contributed by atoms with E-state index in [1.165, 1.54) is 38.4 Å². The zero-order chi connectivity index (χ0) is 15.7. The highest BCUT2D eigenvalue weighted by atomic mass is 32.2. The SMILES string of the molecule is CCCCCCCC(C)Nc1ccccc1NS(C)(=O)=O. The lowest BCUT2D eigenvalue weighted by Crippen LogP contribution is -2.17. The molecular weight excluding hydrogens is 284 g/mol. The zero-order valence-electron chi connectivity index (χ0n) is 13.4. The highest BCUT2D eigenvalue weighted by molar-refractivity contribution is 7.92. The van der Waals surface area contributed by atoms with Crippen molar-refractivity contribution < 1.29 is 8.42 Å². The van der Waals surface area contributed by atoms with Gasteiger partial charge in [0.25, 0.3) is 0 Å². The molecule has 0 aliphatic rings. The smallest absolute Gasteiger partial charge is 0.229 e.